The van der Waals surface area contributed by atoms with E-state index in [-0.39, 0.29) is 5.25 Å². The highest BCUT2D eigenvalue weighted by atomic mass is 35.5. The van der Waals surface area contributed by atoms with Gasteiger partial charge in [0.15, 0.2) is 6.23 Å². The summed E-state index contributed by atoms with van der Waals surface area (Å²) in [6, 6.07) is 7.44. The third-order valence-corrected chi connectivity index (χ3v) is 4.70. The van der Waals surface area contributed by atoms with Crippen LogP contribution in [0, 0.1) is 0 Å². The van der Waals surface area contributed by atoms with Crippen molar-refractivity contribution < 1.29 is 19.2 Å². The highest BCUT2D eigenvalue weighted by Gasteiger charge is 2.40. The zero-order valence-electron chi connectivity index (χ0n) is 10.9. The number of rotatable bonds is 2. The van der Waals surface area contributed by atoms with Crippen molar-refractivity contribution in [1.82, 2.24) is 5.06 Å². The fourth-order valence-electron chi connectivity index (χ4n) is 2.19. The molecule has 0 saturated carbocycles. The van der Waals surface area contributed by atoms with Crippen LogP contribution in [0.25, 0.3) is 0 Å². The number of fused-ring (bicyclic) bond motifs is 1. The molecular formula is C14H12ClNO4S. The van der Waals surface area contributed by atoms with E-state index >= 15 is 0 Å². The van der Waals surface area contributed by atoms with Crippen molar-refractivity contribution in [3.8, 4) is 0 Å². The summed E-state index contributed by atoms with van der Waals surface area (Å²) in [6.45, 7) is 0.531. The molecule has 2 heterocycles. The lowest BCUT2D eigenvalue weighted by molar-refractivity contribution is -0.224. The molecule has 2 aliphatic rings. The van der Waals surface area contributed by atoms with Gasteiger partial charge in [0.25, 0.3) is 0 Å². The minimum atomic E-state index is -0.577. The van der Waals surface area contributed by atoms with E-state index in [0.29, 0.717) is 11.6 Å². The number of nitrogens with zero attached hydrogens (tertiary/aromatic N) is 1. The number of hydrogen-bond acceptors (Lipinski definition) is 6. The van der Waals surface area contributed by atoms with Gasteiger partial charge in [-0.1, -0.05) is 16.7 Å². The number of carbonyl (C=O) groups excluding carboxylic acids is 2. The number of hydroxylamine groups is 2. The van der Waals surface area contributed by atoms with Crippen LogP contribution in [0.15, 0.2) is 41.3 Å². The van der Waals surface area contributed by atoms with Crippen LogP contribution in [0.4, 0.5) is 0 Å². The maximum Gasteiger partial charge on any atom is 0.350 e. The lowest BCUT2D eigenvalue weighted by atomic mass is 10.3. The molecule has 3 rings (SSSR count). The van der Waals surface area contributed by atoms with Crippen LogP contribution in [-0.4, -0.2) is 35.0 Å². The van der Waals surface area contributed by atoms with Gasteiger partial charge in [-0.2, -0.15) is 0 Å². The van der Waals surface area contributed by atoms with E-state index in [9.17, 15) is 9.59 Å². The summed E-state index contributed by atoms with van der Waals surface area (Å²) in [4.78, 5) is 29.2. The zero-order valence-corrected chi connectivity index (χ0v) is 12.5. The van der Waals surface area contributed by atoms with E-state index in [2.05, 4.69) is 0 Å². The first-order chi connectivity index (χ1) is 10.1. The molecule has 21 heavy (non-hydrogen) atoms. The van der Waals surface area contributed by atoms with Crippen LogP contribution in [0.3, 0.4) is 0 Å². The van der Waals surface area contributed by atoms with Gasteiger partial charge in [-0.05, 0) is 30.7 Å². The average Bonchev–Trinajstić information content (AvgIpc) is 2.80. The van der Waals surface area contributed by atoms with E-state index in [1.807, 2.05) is 24.3 Å². The first-order valence-corrected chi connectivity index (χ1v) is 7.67. The molecule has 0 bridgehead atoms. The van der Waals surface area contributed by atoms with E-state index in [4.69, 9.17) is 21.2 Å². The maximum atomic E-state index is 11.6. The molecule has 1 saturated heterocycles. The van der Waals surface area contributed by atoms with Crippen molar-refractivity contribution in [1.29, 1.82) is 0 Å². The summed E-state index contributed by atoms with van der Waals surface area (Å²) in [7, 11) is 0. The lowest BCUT2D eigenvalue weighted by Gasteiger charge is -2.26. The van der Waals surface area contributed by atoms with Crippen molar-refractivity contribution >= 4 is 35.3 Å². The Morgan fingerprint density at radius 3 is 2.62 bits per heavy atom. The van der Waals surface area contributed by atoms with Gasteiger partial charge in [-0.15, -0.1) is 11.8 Å². The normalized spacial score (nSPS) is 27.3. The second-order valence-corrected chi connectivity index (χ2v) is 6.36. The van der Waals surface area contributed by atoms with Crippen LogP contribution >= 0.6 is 23.4 Å². The minimum Gasteiger partial charge on any atom is -0.439 e. The van der Waals surface area contributed by atoms with Gasteiger partial charge in [0.2, 0.25) is 0 Å². The van der Waals surface area contributed by atoms with Gasteiger partial charge >= 0.3 is 11.9 Å². The van der Waals surface area contributed by atoms with Crippen LogP contribution in [0.5, 0.6) is 0 Å². The predicted molar refractivity (Wildman–Crippen MR) is 77.5 cm³/mol. The first kappa shape index (κ1) is 14.4. The number of ether oxygens (including phenoxy) is 1. The van der Waals surface area contributed by atoms with E-state index in [1.54, 1.807) is 11.8 Å². The number of carbonyl (C=O) groups is 2. The van der Waals surface area contributed by atoms with Gasteiger partial charge in [0.05, 0.1) is 5.25 Å². The molecule has 2 aliphatic heterocycles. The van der Waals surface area contributed by atoms with Crippen molar-refractivity contribution in [3.05, 3.63) is 41.4 Å². The monoisotopic (exact) mass is 325 g/mol. The topological polar surface area (TPSA) is 55.8 Å². The third kappa shape index (κ3) is 3.40. The smallest absolute Gasteiger partial charge is 0.350 e. The molecule has 110 valence electrons. The average molecular weight is 326 g/mol. The standard InChI is InChI=1S/C14H12ClNO4S/c15-9-1-3-10(4-2-9)21-11-7-8-16-14(11)19-12(17)5-6-13(18)20-16/h1-6,11,14H,7-8H2/b6-5-. The molecule has 0 N–H and O–H groups in total. The Kier molecular flexibility index (Phi) is 4.19. The summed E-state index contributed by atoms with van der Waals surface area (Å²) in [5, 5.41) is 2.09. The van der Waals surface area contributed by atoms with Gasteiger partial charge in [0, 0.05) is 28.6 Å². The molecule has 2 atom stereocenters. The predicted octanol–water partition coefficient (Wildman–Crippen LogP) is 2.40. The Bertz CT molecular complexity index is 589. The molecule has 2 unspecified atom stereocenters. The molecular weight excluding hydrogens is 314 g/mol. The number of esters is 1. The Hall–Kier alpha value is -1.50. The number of halogens is 1. The zero-order chi connectivity index (χ0) is 14.8. The Labute approximate surface area is 130 Å². The maximum absolute atomic E-state index is 11.6. The minimum absolute atomic E-state index is 0.00516. The molecule has 0 amide bonds. The highest BCUT2D eigenvalue weighted by Crippen LogP contribution is 2.35. The molecule has 0 aliphatic carbocycles. The van der Waals surface area contributed by atoms with Gasteiger partial charge in [-0.3, -0.25) is 0 Å². The Morgan fingerprint density at radius 2 is 1.86 bits per heavy atom. The van der Waals surface area contributed by atoms with E-state index in [0.717, 1.165) is 23.5 Å². The van der Waals surface area contributed by atoms with Gasteiger partial charge in [0.1, 0.15) is 0 Å². The number of hydrogen-bond donors (Lipinski definition) is 0. The highest BCUT2D eigenvalue weighted by molar-refractivity contribution is 8.00. The van der Waals surface area contributed by atoms with Crippen molar-refractivity contribution in [2.75, 3.05) is 6.54 Å². The van der Waals surface area contributed by atoms with Gasteiger partial charge < -0.3 is 9.57 Å². The van der Waals surface area contributed by atoms with Gasteiger partial charge in [-0.25, -0.2) is 9.59 Å². The van der Waals surface area contributed by atoms with Crippen molar-refractivity contribution in [3.63, 3.8) is 0 Å². The van der Waals surface area contributed by atoms with Crippen molar-refractivity contribution in [2.24, 2.45) is 0 Å². The van der Waals surface area contributed by atoms with Crippen LogP contribution in [0.1, 0.15) is 6.42 Å². The lowest BCUT2D eigenvalue weighted by Crippen LogP contribution is -2.40. The number of thioether (sulfide) groups is 1. The second-order valence-electron chi connectivity index (χ2n) is 4.61. The van der Waals surface area contributed by atoms with Crippen LogP contribution < -0.4 is 0 Å². The largest absolute Gasteiger partial charge is 0.439 e. The molecule has 0 radical (unpaired) electrons. The molecule has 1 aromatic carbocycles. The van der Waals surface area contributed by atoms with Crippen LogP contribution in [-0.2, 0) is 19.2 Å². The first-order valence-electron chi connectivity index (χ1n) is 6.41. The van der Waals surface area contributed by atoms with Crippen molar-refractivity contribution in [2.45, 2.75) is 22.8 Å². The summed E-state index contributed by atoms with van der Waals surface area (Å²) < 4.78 is 5.35. The summed E-state index contributed by atoms with van der Waals surface area (Å²) >= 11 is 7.43. The Balaban J connectivity index is 1.75. The third-order valence-electron chi connectivity index (χ3n) is 3.14. The Morgan fingerprint density at radius 1 is 1.14 bits per heavy atom. The molecule has 0 aromatic heterocycles. The molecule has 7 heteroatoms. The van der Waals surface area contributed by atoms with E-state index in [1.165, 1.54) is 5.06 Å². The summed E-state index contributed by atoms with van der Waals surface area (Å²) in [6.07, 6.45) is 2.32. The van der Waals surface area contributed by atoms with E-state index < -0.39 is 18.2 Å². The summed E-state index contributed by atoms with van der Waals surface area (Å²) in [5.74, 6) is -1.10. The van der Waals surface area contributed by atoms with Crippen LogP contribution in [0.2, 0.25) is 5.02 Å². The second kappa shape index (κ2) is 6.09. The molecule has 1 aromatic rings. The molecule has 5 nitrogen and oxygen atoms in total. The summed E-state index contributed by atoms with van der Waals surface area (Å²) in [5.41, 5.74) is 0. The fraction of sp³-hybridized carbons (Fsp3) is 0.286. The molecule has 0 spiro atoms. The number of benzene rings is 1. The quantitative estimate of drug-likeness (QED) is 0.778. The SMILES string of the molecule is O=C1/C=C\C(=O)ON2CCC(Sc3ccc(Cl)cc3)C2O1. The molecule has 1 fully saturated rings. The fourth-order valence-corrected chi connectivity index (χ4v) is 3.49.